The first-order chi connectivity index (χ1) is 12.2. The minimum Gasteiger partial charge on any atom is -0.471 e. The number of ether oxygens (including phenoxy) is 1. The number of anilines is 5. The van der Waals surface area contributed by atoms with Gasteiger partial charge in [-0.3, -0.25) is 0 Å². The minimum absolute atomic E-state index is 0.320. The van der Waals surface area contributed by atoms with Crippen molar-refractivity contribution in [3.05, 3.63) is 60.0 Å². The molecule has 0 atom stereocenters. The second-order valence-electron chi connectivity index (χ2n) is 5.63. The molecule has 0 spiro atoms. The molecule has 2 aromatic carbocycles. The van der Waals surface area contributed by atoms with E-state index in [-0.39, 0.29) is 5.82 Å². The Balaban J connectivity index is 1.58. The summed E-state index contributed by atoms with van der Waals surface area (Å²) in [7, 11) is 0. The Morgan fingerprint density at radius 2 is 2.04 bits per heavy atom. The summed E-state index contributed by atoms with van der Waals surface area (Å²) in [6.45, 7) is 2.38. The molecule has 3 N–H and O–H groups in total. The SMILES string of the molecule is Cc1cnc(Nc2ccccc2F)nc1Nc1ccc2c(c1)NCO2. The second-order valence-corrected chi connectivity index (χ2v) is 5.63. The first-order valence-corrected chi connectivity index (χ1v) is 7.82. The van der Waals surface area contributed by atoms with Crippen molar-refractivity contribution in [3.8, 4) is 5.75 Å². The lowest BCUT2D eigenvalue weighted by Crippen LogP contribution is -2.03. The van der Waals surface area contributed by atoms with Gasteiger partial charge in [0.25, 0.3) is 0 Å². The molecule has 25 heavy (non-hydrogen) atoms. The van der Waals surface area contributed by atoms with Gasteiger partial charge in [-0.05, 0) is 37.3 Å². The molecule has 126 valence electrons. The summed E-state index contributed by atoms with van der Waals surface area (Å²) >= 11 is 0. The van der Waals surface area contributed by atoms with Gasteiger partial charge in [-0.2, -0.15) is 4.98 Å². The molecule has 0 saturated carbocycles. The summed E-state index contributed by atoms with van der Waals surface area (Å²) in [5, 5.41) is 9.30. The Bertz CT molecular complexity index is 931. The molecule has 1 aromatic heterocycles. The fraction of sp³-hybridized carbons (Fsp3) is 0.111. The van der Waals surface area contributed by atoms with Gasteiger partial charge in [0.2, 0.25) is 5.95 Å². The molecule has 1 aliphatic rings. The van der Waals surface area contributed by atoms with E-state index in [1.54, 1.807) is 24.4 Å². The quantitative estimate of drug-likeness (QED) is 0.664. The average Bonchev–Trinajstić information content (AvgIpc) is 3.08. The van der Waals surface area contributed by atoms with Crippen LogP contribution in [0.25, 0.3) is 0 Å². The highest BCUT2D eigenvalue weighted by Gasteiger charge is 2.12. The molecule has 6 nitrogen and oxygen atoms in total. The molecule has 0 saturated heterocycles. The highest BCUT2D eigenvalue weighted by Crippen LogP contribution is 2.33. The van der Waals surface area contributed by atoms with Crippen LogP contribution in [0.1, 0.15) is 5.56 Å². The van der Waals surface area contributed by atoms with Crippen LogP contribution in [0.4, 0.5) is 33.2 Å². The molecule has 0 bridgehead atoms. The van der Waals surface area contributed by atoms with Crippen molar-refractivity contribution in [2.45, 2.75) is 6.92 Å². The van der Waals surface area contributed by atoms with Crippen LogP contribution in [-0.4, -0.2) is 16.7 Å². The molecule has 0 aliphatic carbocycles. The Hall–Kier alpha value is -3.35. The molecule has 4 rings (SSSR count). The van der Waals surface area contributed by atoms with E-state index in [1.807, 2.05) is 25.1 Å². The van der Waals surface area contributed by atoms with E-state index in [0.717, 1.165) is 22.7 Å². The maximum atomic E-state index is 13.8. The number of rotatable bonds is 4. The maximum absolute atomic E-state index is 13.8. The number of nitrogens with zero attached hydrogens (tertiary/aromatic N) is 2. The number of hydrogen-bond donors (Lipinski definition) is 3. The number of benzene rings is 2. The van der Waals surface area contributed by atoms with Gasteiger partial charge in [-0.25, -0.2) is 9.37 Å². The first kappa shape index (κ1) is 15.2. The van der Waals surface area contributed by atoms with Crippen LogP contribution >= 0.6 is 0 Å². The van der Waals surface area contributed by atoms with E-state index < -0.39 is 0 Å². The van der Waals surface area contributed by atoms with E-state index in [9.17, 15) is 4.39 Å². The van der Waals surface area contributed by atoms with Crippen LogP contribution in [0.2, 0.25) is 0 Å². The van der Waals surface area contributed by atoms with E-state index >= 15 is 0 Å². The molecule has 0 fully saturated rings. The lowest BCUT2D eigenvalue weighted by atomic mass is 10.2. The lowest BCUT2D eigenvalue weighted by Gasteiger charge is -2.12. The molecule has 0 unspecified atom stereocenters. The highest BCUT2D eigenvalue weighted by molar-refractivity contribution is 5.70. The largest absolute Gasteiger partial charge is 0.471 e. The van der Waals surface area contributed by atoms with Crippen molar-refractivity contribution in [1.82, 2.24) is 9.97 Å². The van der Waals surface area contributed by atoms with Crippen molar-refractivity contribution in [3.63, 3.8) is 0 Å². The zero-order chi connectivity index (χ0) is 17.2. The van der Waals surface area contributed by atoms with E-state index in [2.05, 4.69) is 25.9 Å². The van der Waals surface area contributed by atoms with Crippen molar-refractivity contribution < 1.29 is 9.13 Å². The van der Waals surface area contributed by atoms with Gasteiger partial charge in [-0.15, -0.1) is 0 Å². The Kier molecular flexibility index (Phi) is 3.81. The molecule has 7 heteroatoms. The number of halogens is 1. The third kappa shape index (κ3) is 3.16. The van der Waals surface area contributed by atoms with Crippen molar-refractivity contribution in [1.29, 1.82) is 0 Å². The predicted molar refractivity (Wildman–Crippen MR) is 95.3 cm³/mol. The average molecular weight is 337 g/mol. The standard InChI is InChI=1S/C18H16FN5O/c1-11-9-20-18(23-14-5-3-2-4-13(14)19)24-17(11)22-12-6-7-16-15(8-12)21-10-25-16/h2-9,21H,10H2,1H3,(H2,20,22,23,24). The first-order valence-electron chi connectivity index (χ1n) is 7.82. The van der Waals surface area contributed by atoms with Gasteiger partial charge in [0.15, 0.2) is 6.73 Å². The van der Waals surface area contributed by atoms with Gasteiger partial charge in [0.1, 0.15) is 17.4 Å². The summed E-state index contributed by atoms with van der Waals surface area (Å²) in [6, 6.07) is 12.2. The zero-order valence-corrected chi connectivity index (χ0v) is 13.5. The Labute approximate surface area is 144 Å². The zero-order valence-electron chi connectivity index (χ0n) is 13.5. The molecular formula is C18H16FN5O. The number of fused-ring (bicyclic) bond motifs is 1. The number of aryl methyl sites for hydroxylation is 1. The summed E-state index contributed by atoms with van der Waals surface area (Å²) in [5.41, 5.74) is 3.01. The number of aromatic nitrogens is 2. The van der Waals surface area contributed by atoms with Crippen LogP contribution in [-0.2, 0) is 0 Å². The molecule has 1 aliphatic heterocycles. The number of para-hydroxylation sites is 1. The van der Waals surface area contributed by atoms with E-state index in [1.165, 1.54) is 6.07 Å². The third-order valence-electron chi connectivity index (χ3n) is 3.82. The lowest BCUT2D eigenvalue weighted by molar-refractivity contribution is 0.372. The second kappa shape index (κ2) is 6.27. The number of nitrogens with one attached hydrogen (secondary N) is 3. The summed E-state index contributed by atoms with van der Waals surface area (Å²) in [4.78, 5) is 8.66. The third-order valence-corrected chi connectivity index (χ3v) is 3.82. The van der Waals surface area contributed by atoms with Crippen LogP contribution in [0.5, 0.6) is 5.75 Å². The van der Waals surface area contributed by atoms with Crippen LogP contribution in [0, 0.1) is 12.7 Å². The summed E-state index contributed by atoms with van der Waals surface area (Å²) in [6.07, 6.45) is 1.69. The molecule has 3 aromatic rings. The fourth-order valence-corrected chi connectivity index (χ4v) is 2.51. The number of hydrogen-bond acceptors (Lipinski definition) is 6. The molecule has 0 radical (unpaired) electrons. The van der Waals surface area contributed by atoms with Gasteiger partial charge >= 0.3 is 0 Å². The van der Waals surface area contributed by atoms with Gasteiger partial charge in [0, 0.05) is 17.4 Å². The Morgan fingerprint density at radius 3 is 2.92 bits per heavy atom. The van der Waals surface area contributed by atoms with Crippen LogP contribution in [0.15, 0.2) is 48.7 Å². The molecule has 0 amide bonds. The van der Waals surface area contributed by atoms with Gasteiger partial charge in [0.05, 0.1) is 11.4 Å². The summed E-state index contributed by atoms with van der Waals surface area (Å²) < 4.78 is 19.2. The van der Waals surface area contributed by atoms with Crippen LogP contribution in [0.3, 0.4) is 0 Å². The normalized spacial score (nSPS) is 12.1. The molecular weight excluding hydrogens is 321 g/mol. The fourth-order valence-electron chi connectivity index (χ4n) is 2.51. The predicted octanol–water partition coefficient (Wildman–Crippen LogP) is 4.17. The van der Waals surface area contributed by atoms with Gasteiger partial charge < -0.3 is 20.7 Å². The Morgan fingerprint density at radius 1 is 1.16 bits per heavy atom. The van der Waals surface area contributed by atoms with Crippen LogP contribution < -0.4 is 20.7 Å². The highest BCUT2D eigenvalue weighted by atomic mass is 19.1. The van der Waals surface area contributed by atoms with Crippen molar-refractivity contribution >= 4 is 28.8 Å². The maximum Gasteiger partial charge on any atom is 0.229 e. The monoisotopic (exact) mass is 337 g/mol. The minimum atomic E-state index is -0.356. The topological polar surface area (TPSA) is 71.1 Å². The van der Waals surface area contributed by atoms with Crippen molar-refractivity contribution in [2.75, 3.05) is 22.7 Å². The summed E-state index contributed by atoms with van der Waals surface area (Å²) in [5.74, 6) is 1.44. The van der Waals surface area contributed by atoms with E-state index in [4.69, 9.17) is 4.74 Å². The van der Waals surface area contributed by atoms with Crippen molar-refractivity contribution in [2.24, 2.45) is 0 Å². The smallest absolute Gasteiger partial charge is 0.229 e. The molecule has 2 heterocycles. The van der Waals surface area contributed by atoms with E-state index in [0.29, 0.717) is 24.2 Å². The van der Waals surface area contributed by atoms with Gasteiger partial charge in [-0.1, -0.05) is 12.1 Å².